The van der Waals surface area contributed by atoms with Crippen LogP contribution in [0.3, 0.4) is 0 Å². The van der Waals surface area contributed by atoms with Crippen molar-refractivity contribution in [2.75, 3.05) is 7.05 Å². The zero-order chi connectivity index (χ0) is 14.1. The van der Waals surface area contributed by atoms with Gasteiger partial charge in [0, 0.05) is 26.6 Å². The maximum absolute atomic E-state index is 12.5. The number of thiophene rings is 1. The first-order valence-corrected chi connectivity index (χ1v) is 8.03. The number of carbonyl (C=O) groups is 1. The number of rotatable bonds is 3. The van der Waals surface area contributed by atoms with E-state index < -0.39 is 0 Å². The standard InChI is InChI=1S/C13H15BrN4OS/c1-18(5-8-2-12(14)20-6-8)13(19)10-3-9-11(4-15-10)17-7-16-9/h2,6-7,10,15H,3-5H2,1H3,(H,16,17). The van der Waals surface area contributed by atoms with E-state index in [4.69, 9.17) is 0 Å². The zero-order valence-electron chi connectivity index (χ0n) is 11.0. The molecule has 0 radical (unpaired) electrons. The van der Waals surface area contributed by atoms with Crippen LogP contribution < -0.4 is 5.32 Å². The molecule has 1 aliphatic heterocycles. The Kier molecular flexibility index (Phi) is 3.91. The molecular formula is C13H15BrN4OS. The topological polar surface area (TPSA) is 61.0 Å². The van der Waals surface area contributed by atoms with Crippen molar-refractivity contribution in [3.63, 3.8) is 0 Å². The molecule has 0 aromatic carbocycles. The predicted molar refractivity (Wildman–Crippen MR) is 81.4 cm³/mol. The van der Waals surface area contributed by atoms with E-state index in [-0.39, 0.29) is 11.9 Å². The number of H-pyrrole nitrogens is 1. The Balaban J connectivity index is 1.64. The molecule has 3 heterocycles. The van der Waals surface area contributed by atoms with Crippen LogP contribution in [-0.4, -0.2) is 33.9 Å². The number of hydrogen-bond donors (Lipinski definition) is 2. The Morgan fingerprint density at radius 1 is 1.65 bits per heavy atom. The normalized spacial score (nSPS) is 17.8. The Labute approximate surface area is 129 Å². The van der Waals surface area contributed by atoms with Gasteiger partial charge in [0.15, 0.2) is 0 Å². The highest BCUT2D eigenvalue weighted by atomic mass is 79.9. The van der Waals surface area contributed by atoms with Gasteiger partial charge in [-0.15, -0.1) is 11.3 Å². The highest BCUT2D eigenvalue weighted by molar-refractivity contribution is 9.11. The SMILES string of the molecule is CN(Cc1csc(Br)c1)C(=O)C1Cc2nc[nH]c2CN1. The van der Waals surface area contributed by atoms with Crippen molar-refractivity contribution in [2.24, 2.45) is 0 Å². The van der Waals surface area contributed by atoms with Crippen molar-refractivity contribution in [3.05, 3.63) is 38.5 Å². The Morgan fingerprint density at radius 3 is 3.25 bits per heavy atom. The average Bonchev–Trinajstić information content (AvgIpc) is 3.05. The molecule has 0 saturated heterocycles. The summed E-state index contributed by atoms with van der Waals surface area (Å²) in [5.41, 5.74) is 3.22. The number of imidazole rings is 1. The quantitative estimate of drug-likeness (QED) is 0.884. The van der Waals surface area contributed by atoms with Crippen LogP contribution in [0.2, 0.25) is 0 Å². The molecule has 20 heavy (non-hydrogen) atoms. The second-order valence-corrected chi connectivity index (χ2v) is 7.21. The monoisotopic (exact) mass is 354 g/mol. The second kappa shape index (κ2) is 5.67. The van der Waals surface area contributed by atoms with Gasteiger partial charge < -0.3 is 9.88 Å². The summed E-state index contributed by atoms with van der Waals surface area (Å²) >= 11 is 5.07. The summed E-state index contributed by atoms with van der Waals surface area (Å²) in [7, 11) is 1.84. The summed E-state index contributed by atoms with van der Waals surface area (Å²) in [5, 5.41) is 5.33. The molecule has 0 aliphatic carbocycles. The van der Waals surface area contributed by atoms with E-state index in [1.807, 2.05) is 7.05 Å². The van der Waals surface area contributed by atoms with Crippen LogP contribution >= 0.6 is 27.3 Å². The summed E-state index contributed by atoms with van der Waals surface area (Å²) in [6.45, 7) is 1.30. The minimum Gasteiger partial charge on any atom is -0.347 e. The number of carbonyl (C=O) groups excluding carboxylic acids is 1. The minimum atomic E-state index is -0.183. The molecule has 3 rings (SSSR count). The summed E-state index contributed by atoms with van der Waals surface area (Å²) in [6.07, 6.45) is 2.33. The number of amides is 1. The number of aromatic nitrogens is 2. The van der Waals surface area contributed by atoms with Crippen molar-refractivity contribution in [2.45, 2.75) is 25.6 Å². The number of aromatic amines is 1. The molecule has 1 atom stereocenters. The summed E-state index contributed by atoms with van der Waals surface area (Å²) < 4.78 is 1.09. The predicted octanol–water partition coefficient (Wildman–Crippen LogP) is 1.91. The first-order valence-electron chi connectivity index (χ1n) is 6.36. The molecule has 2 N–H and O–H groups in total. The highest BCUT2D eigenvalue weighted by Gasteiger charge is 2.27. The lowest BCUT2D eigenvalue weighted by Crippen LogP contribution is -2.48. The van der Waals surface area contributed by atoms with Crippen LogP contribution in [0.5, 0.6) is 0 Å². The first-order chi connectivity index (χ1) is 9.63. The van der Waals surface area contributed by atoms with Crippen LogP contribution in [0.1, 0.15) is 17.0 Å². The van der Waals surface area contributed by atoms with Crippen molar-refractivity contribution in [1.29, 1.82) is 0 Å². The molecule has 2 aromatic rings. The molecule has 1 unspecified atom stereocenters. The molecule has 1 amide bonds. The number of fused-ring (bicyclic) bond motifs is 1. The van der Waals surface area contributed by atoms with Gasteiger partial charge >= 0.3 is 0 Å². The third-order valence-electron chi connectivity index (χ3n) is 3.45. The Bertz CT molecular complexity index is 623. The maximum atomic E-state index is 12.5. The number of likely N-dealkylation sites (N-methyl/N-ethyl adjacent to an activating group) is 1. The zero-order valence-corrected chi connectivity index (χ0v) is 13.4. The van der Waals surface area contributed by atoms with Crippen LogP contribution in [0, 0.1) is 0 Å². The van der Waals surface area contributed by atoms with Gasteiger partial charge in [0.2, 0.25) is 5.91 Å². The molecule has 7 heteroatoms. The number of nitrogens with zero attached hydrogens (tertiary/aromatic N) is 2. The fraction of sp³-hybridized carbons (Fsp3) is 0.385. The minimum absolute atomic E-state index is 0.112. The van der Waals surface area contributed by atoms with Crippen LogP contribution in [0.15, 0.2) is 21.6 Å². The molecule has 0 fully saturated rings. The molecule has 1 aliphatic rings. The fourth-order valence-electron chi connectivity index (χ4n) is 2.39. The van der Waals surface area contributed by atoms with Crippen LogP contribution in [-0.2, 0) is 24.3 Å². The molecule has 106 valence electrons. The van der Waals surface area contributed by atoms with E-state index in [9.17, 15) is 4.79 Å². The van der Waals surface area contributed by atoms with Crippen molar-refractivity contribution < 1.29 is 4.79 Å². The van der Waals surface area contributed by atoms with E-state index in [1.54, 1.807) is 22.6 Å². The van der Waals surface area contributed by atoms with Crippen molar-refractivity contribution >= 4 is 33.2 Å². The molecule has 0 bridgehead atoms. The third kappa shape index (κ3) is 2.79. The van der Waals surface area contributed by atoms with E-state index in [1.165, 1.54) is 0 Å². The maximum Gasteiger partial charge on any atom is 0.240 e. The lowest BCUT2D eigenvalue weighted by molar-refractivity contribution is -0.132. The van der Waals surface area contributed by atoms with Crippen molar-refractivity contribution in [3.8, 4) is 0 Å². The Hall–Kier alpha value is -1.18. The summed E-state index contributed by atoms with van der Waals surface area (Å²) in [5.74, 6) is 0.112. The van der Waals surface area contributed by atoms with E-state index in [0.29, 0.717) is 19.5 Å². The number of nitrogens with one attached hydrogen (secondary N) is 2. The second-order valence-electron chi connectivity index (χ2n) is 4.92. The fourth-order valence-corrected chi connectivity index (χ4v) is 3.59. The molecule has 0 saturated carbocycles. The lowest BCUT2D eigenvalue weighted by atomic mass is 10.0. The number of hydrogen-bond acceptors (Lipinski definition) is 4. The van der Waals surface area contributed by atoms with Crippen LogP contribution in [0.25, 0.3) is 0 Å². The van der Waals surface area contributed by atoms with Gasteiger partial charge in [-0.3, -0.25) is 10.1 Å². The average molecular weight is 355 g/mol. The van der Waals surface area contributed by atoms with Gasteiger partial charge in [-0.1, -0.05) is 0 Å². The molecular weight excluding hydrogens is 340 g/mol. The first kappa shape index (κ1) is 13.8. The van der Waals surface area contributed by atoms with Gasteiger partial charge in [-0.05, 0) is 32.9 Å². The summed E-state index contributed by atoms with van der Waals surface area (Å²) in [6, 6.07) is 1.87. The smallest absolute Gasteiger partial charge is 0.240 e. The van der Waals surface area contributed by atoms with Gasteiger partial charge in [0.25, 0.3) is 0 Å². The highest BCUT2D eigenvalue weighted by Crippen LogP contribution is 2.22. The van der Waals surface area contributed by atoms with E-state index in [2.05, 4.69) is 42.7 Å². The van der Waals surface area contributed by atoms with Crippen LogP contribution in [0.4, 0.5) is 0 Å². The van der Waals surface area contributed by atoms with Crippen molar-refractivity contribution in [1.82, 2.24) is 20.2 Å². The summed E-state index contributed by atoms with van der Waals surface area (Å²) in [4.78, 5) is 21.6. The number of halogens is 1. The van der Waals surface area contributed by atoms with Gasteiger partial charge in [0.1, 0.15) is 0 Å². The molecule has 2 aromatic heterocycles. The van der Waals surface area contributed by atoms with Gasteiger partial charge in [0.05, 0.1) is 27.5 Å². The molecule has 5 nitrogen and oxygen atoms in total. The lowest BCUT2D eigenvalue weighted by Gasteiger charge is -2.27. The largest absolute Gasteiger partial charge is 0.347 e. The van der Waals surface area contributed by atoms with Gasteiger partial charge in [-0.2, -0.15) is 0 Å². The van der Waals surface area contributed by atoms with E-state index in [0.717, 1.165) is 20.7 Å². The van der Waals surface area contributed by atoms with Gasteiger partial charge in [-0.25, -0.2) is 4.98 Å². The van der Waals surface area contributed by atoms with E-state index >= 15 is 0 Å². The molecule has 0 spiro atoms. The third-order valence-corrected chi connectivity index (χ3v) is 5.00. The Morgan fingerprint density at radius 2 is 2.50 bits per heavy atom.